The molecule has 0 fully saturated rings. The highest BCUT2D eigenvalue weighted by molar-refractivity contribution is 7.99. The van der Waals surface area contributed by atoms with Crippen LogP contribution in [-0.2, 0) is 6.42 Å². The summed E-state index contributed by atoms with van der Waals surface area (Å²) >= 11 is 1.90. The van der Waals surface area contributed by atoms with Crippen LogP contribution in [0, 0.1) is 0 Å². The largest absolute Gasteiger partial charge is 0.309 e. The van der Waals surface area contributed by atoms with Gasteiger partial charge in [-0.1, -0.05) is 37.3 Å². The summed E-state index contributed by atoms with van der Waals surface area (Å²) in [5.74, 6) is 0. The monoisotopic (exact) mass is 284 g/mol. The Kier molecular flexibility index (Phi) is 4.38. The van der Waals surface area contributed by atoms with E-state index in [9.17, 15) is 0 Å². The number of aryl methyl sites for hydroxylation is 1. The lowest BCUT2D eigenvalue weighted by atomic mass is 9.87. The normalized spacial score (nSPS) is 21.4. The van der Waals surface area contributed by atoms with Crippen molar-refractivity contribution < 1.29 is 0 Å². The molecule has 1 aromatic carbocycles. The molecular weight excluding hydrogens is 264 g/mol. The molecule has 1 aliphatic carbocycles. The molecule has 1 aliphatic rings. The van der Waals surface area contributed by atoms with Crippen LogP contribution in [0.3, 0.4) is 0 Å². The first-order valence-electron chi connectivity index (χ1n) is 7.27. The van der Waals surface area contributed by atoms with Crippen LogP contribution in [-0.4, -0.2) is 16.8 Å². The molecule has 0 saturated heterocycles. The molecule has 2 atom stereocenters. The number of thioether (sulfide) groups is 1. The quantitative estimate of drug-likeness (QED) is 0.923. The van der Waals surface area contributed by atoms with Gasteiger partial charge in [-0.2, -0.15) is 0 Å². The van der Waals surface area contributed by atoms with Crippen molar-refractivity contribution in [1.82, 2.24) is 10.3 Å². The summed E-state index contributed by atoms with van der Waals surface area (Å²) in [6.45, 7) is 3.18. The molecule has 104 valence electrons. The van der Waals surface area contributed by atoms with Crippen molar-refractivity contribution in [2.24, 2.45) is 0 Å². The van der Waals surface area contributed by atoms with Crippen LogP contribution in [0.5, 0.6) is 0 Å². The van der Waals surface area contributed by atoms with E-state index >= 15 is 0 Å². The van der Waals surface area contributed by atoms with E-state index in [1.54, 1.807) is 0 Å². The molecule has 3 heteroatoms. The fourth-order valence-electron chi connectivity index (χ4n) is 2.89. The van der Waals surface area contributed by atoms with E-state index in [0.717, 1.165) is 11.6 Å². The van der Waals surface area contributed by atoms with E-state index in [1.807, 2.05) is 24.0 Å². The van der Waals surface area contributed by atoms with Crippen LogP contribution in [0.15, 0.2) is 53.7 Å². The van der Waals surface area contributed by atoms with E-state index in [4.69, 9.17) is 0 Å². The number of fused-ring (bicyclic) bond motifs is 1. The molecule has 1 aromatic heterocycles. The van der Waals surface area contributed by atoms with Crippen molar-refractivity contribution >= 4 is 11.8 Å². The van der Waals surface area contributed by atoms with Crippen LogP contribution in [0.1, 0.15) is 30.5 Å². The maximum Gasteiger partial charge on any atom is 0.0963 e. The van der Waals surface area contributed by atoms with Crippen molar-refractivity contribution in [3.8, 4) is 0 Å². The zero-order chi connectivity index (χ0) is 13.8. The van der Waals surface area contributed by atoms with Gasteiger partial charge in [0.25, 0.3) is 0 Å². The van der Waals surface area contributed by atoms with Crippen molar-refractivity contribution in [3.05, 3.63) is 59.8 Å². The Hall–Kier alpha value is -1.32. The summed E-state index contributed by atoms with van der Waals surface area (Å²) in [4.78, 5) is 4.46. The zero-order valence-electron chi connectivity index (χ0n) is 11.8. The molecule has 3 rings (SSSR count). The molecule has 0 amide bonds. The van der Waals surface area contributed by atoms with Gasteiger partial charge in [0.2, 0.25) is 0 Å². The predicted octanol–water partition coefficient (Wildman–Crippen LogP) is 3.84. The first kappa shape index (κ1) is 13.7. The molecule has 2 unspecified atom stereocenters. The first-order valence-corrected chi connectivity index (χ1v) is 8.15. The van der Waals surface area contributed by atoms with Gasteiger partial charge < -0.3 is 5.32 Å². The molecule has 0 saturated carbocycles. The van der Waals surface area contributed by atoms with Gasteiger partial charge in [0.1, 0.15) is 0 Å². The number of nitrogens with one attached hydrogen (secondary N) is 1. The molecule has 0 bridgehead atoms. The second kappa shape index (κ2) is 6.42. The first-order chi connectivity index (χ1) is 9.88. The van der Waals surface area contributed by atoms with Gasteiger partial charge in [-0.25, -0.2) is 4.98 Å². The SMILES string of the molecule is CCNC1c2ccccc2CCC1Sc1ccccn1. The van der Waals surface area contributed by atoms with E-state index < -0.39 is 0 Å². The van der Waals surface area contributed by atoms with Crippen molar-refractivity contribution in [3.63, 3.8) is 0 Å². The van der Waals surface area contributed by atoms with E-state index in [-0.39, 0.29) is 0 Å². The number of benzene rings is 1. The molecule has 20 heavy (non-hydrogen) atoms. The minimum Gasteiger partial charge on any atom is -0.309 e. The fourth-order valence-corrected chi connectivity index (χ4v) is 4.09. The summed E-state index contributed by atoms with van der Waals surface area (Å²) in [6, 6.07) is 15.4. The Labute approximate surface area is 125 Å². The van der Waals surface area contributed by atoms with Gasteiger partial charge in [0, 0.05) is 17.5 Å². The molecule has 2 nitrogen and oxygen atoms in total. The summed E-state index contributed by atoms with van der Waals surface area (Å²) < 4.78 is 0. The number of aromatic nitrogens is 1. The number of nitrogens with zero attached hydrogens (tertiary/aromatic N) is 1. The second-order valence-electron chi connectivity index (χ2n) is 5.10. The highest BCUT2D eigenvalue weighted by Crippen LogP contribution is 2.39. The van der Waals surface area contributed by atoms with Gasteiger partial charge in [-0.3, -0.25) is 0 Å². The Bertz CT molecular complexity index is 556. The van der Waals surface area contributed by atoms with E-state index in [1.165, 1.54) is 24.0 Å². The summed E-state index contributed by atoms with van der Waals surface area (Å²) in [6.07, 6.45) is 4.25. The van der Waals surface area contributed by atoms with Crippen LogP contribution in [0.25, 0.3) is 0 Å². The lowest BCUT2D eigenvalue weighted by Gasteiger charge is -2.33. The zero-order valence-corrected chi connectivity index (χ0v) is 12.6. The second-order valence-corrected chi connectivity index (χ2v) is 6.36. The highest BCUT2D eigenvalue weighted by atomic mass is 32.2. The van der Waals surface area contributed by atoms with Gasteiger partial charge in [0.15, 0.2) is 0 Å². The average Bonchev–Trinajstić information content (AvgIpc) is 2.51. The standard InChI is InChI=1S/C17H20N2S/c1-2-18-17-14-8-4-3-7-13(14)10-11-15(17)20-16-9-5-6-12-19-16/h3-9,12,15,17-18H,2,10-11H2,1H3. The highest BCUT2D eigenvalue weighted by Gasteiger charge is 2.29. The molecule has 0 spiro atoms. The van der Waals surface area contributed by atoms with E-state index in [0.29, 0.717) is 11.3 Å². The summed E-state index contributed by atoms with van der Waals surface area (Å²) in [7, 11) is 0. The van der Waals surface area contributed by atoms with Gasteiger partial charge in [-0.05, 0) is 42.6 Å². The third-order valence-corrected chi connectivity index (χ3v) is 5.09. The number of hydrogen-bond acceptors (Lipinski definition) is 3. The topological polar surface area (TPSA) is 24.9 Å². The Morgan fingerprint density at radius 1 is 1.20 bits per heavy atom. The van der Waals surface area contributed by atoms with Crippen molar-refractivity contribution in [2.75, 3.05) is 6.54 Å². The Morgan fingerprint density at radius 2 is 2.05 bits per heavy atom. The molecule has 0 radical (unpaired) electrons. The van der Waals surface area contributed by atoms with Gasteiger partial charge in [0.05, 0.1) is 5.03 Å². The molecule has 1 N–H and O–H groups in total. The van der Waals surface area contributed by atoms with Crippen LogP contribution < -0.4 is 5.32 Å². The Morgan fingerprint density at radius 3 is 2.85 bits per heavy atom. The smallest absolute Gasteiger partial charge is 0.0963 e. The van der Waals surface area contributed by atoms with Gasteiger partial charge >= 0.3 is 0 Å². The molecule has 0 aliphatic heterocycles. The van der Waals surface area contributed by atoms with Crippen LogP contribution >= 0.6 is 11.8 Å². The summed E-state index contributed by atoms with van der Waals surface area (Å²) in [5.41, 5.74) is 2.96. The predicted molar refractivity (Wildman–Crippen MR) is 85.1 cm³/mol. The molecule has 2 aromatic rings. The minimum absolute atomic E-state index is 0.428. The lowest BCUT2D eigenvalue weighted by molar-refractivity contribution is 0.484. The van der Waals surface area contributed by atoms with Crippen LogP contribution in [0.2, 0.25) is 0 Å². The van der Waals surface area contributed by atoms with Gasteiger partial charge in [-0.15, -0.1) is 11.8 Å². The number of pyridine rings is 1. The van der Waals surface area contributed by atoms with E-state index in [2.05, 4.69) is 53.6 Å². The van der Waals surface area contributed by atoms with Crippen molar-refractivity contribution in [1.29, 1.82) is 0 Å². The maximum absolute atomic E-state index is 4.46. The summed E-state index contributed by atoms with van der Waals surface area (Å²) in [5, 5.41) is 5.34. The van der Waals surface area contributed by atoms with Crippen molar-refractivity contribution in [2.45, 2.75) is 36.1 Å². The third-order valence-electron chi connectivity index (χ3n) is 3.79. The fraction of sp³-hybridized carbons (Fsp3) is 0.353. The Balaban J connectivity index is 1.84. The lowest BCUT2D eigenvalue weighted by Crippen LogP contribution is -2.34. The number of rotatable bonds is 4. The maximum atomic E-state index is 4.46. The molecular formula is C17H20N2S. The third kappa shape index (κ3) is 2.89. The minimum atomic E-state index is 0.428. The van der Waals surface area contributed by atoms with Crippen LogP contribution in [0.4, 0.5) is 0 Å². The number of hydrogen-bond donors (Lipinski definition) is 1. The molecule has 1 heterocycles. The average molecular weight is 284 g/mol.